The highest BCUT2D eigenvalue weighted by atomic mass is 31.2. The van der Waals surface area contributed by atoms with Gasteiger partial charge in [-0.15, -0.1) is 0 Å². The van der Waals surface area contributed by atoms with E-state index in [1.54, 1.807) is 0 Å². The van der Waals surface area contributed by atoms with Crippen LogP contribution in [0.15, 0.2) is 0 Å². The molecule has 0 aromatic rings. The van der Waals surface area contributed by atoms with E-state index in [0.29, 0.717) is 25.7 Å². The van der Waals surface area contributed by atoms with E-state index in [0.717, 1.165) is 114 Å². The maximum atomic E-state index is 13.1. The van der Waals surface area contributed by atoms with Gasteiger partial charge in [0.15, 0.2) is 12.2 Å². The number of hydrogen-bond acceptors (Lipinski definition) is 15. The van der Waals surface area contributed by atoms with Crippen molar-refractivity contribution in [3.8, 4) is 0 Å². The zero-order chi connectivity index (χ0) is 72.3. The van der Waals surface area contributed by atoms with Crippen LogP contribution in [-0.4, -0.2) is 96.7 Å². The lowest BCUT2D eigenvalue weighted by Crippen LogP contribution is -2.30. The van der Waals surface area contributed by atoms with Gasteiger partial charge < -0.3 is 33.8 Å². The zero-order valence-electron chi connectivity index (χ0n) is 64.3. The van der Waals surface area contributed by atoms with Crippen molar-refractivity contribution in [2.24, 2.45) is 17.8 Å². The molecule has 17 nitrogen and oxygen atoms in total. The van der Waals surface area contributed by atoms with Crippen molar-refractivity contribution in [2.75, 3.05) is 39.6 Å². The maximum absolute atomic E-state index is 13.1. The summed E-state index contributed by atoms with van der Waals surface area (Å²) >= 11 is 0. The van der Waals surface area contributed by atoms with Crippen LogP contribution in [0.3, 0.4) is 0 Å². The van der Waals surface area contributed by atoms with E-state index in [-0.39, 0.29) is 25.7 Å². The summed E-state index contributed by atoms with van der Waals surface area (Å²) in [5, 5.41) is 10.6. The molecule has 0 amide bonds. The predicted molar refractivity (Wildman–Crippen MR) is 400 cm³/mol. The molecule has 0 aliphatic rings. The molecule has 98 heavy (non-hydrogen) atoms. The highest BCUT2D eigenvalue weighted by Gasteiger charge is 2.30. The van der Waals surface area contributed by atoms with Gasteiger partial charge in [-0.25, -0.2) is 9.13 Å². The molecule has 0 fully saturated rings. The van der Waals surface area contributed by atoms with Crippen LogP contribution in [0.2, 0.25) is 0 Å². The van der Waals surface area contributed by atoms with Crippen LogP contribution in [0.1, 0.15) is 408 Å². The molecule has 0 aliphatic carbocycles. The minimum absolute atomic E-state index is 0.107. The van der Waals surface area contributed by atoms with Crippen molar-refractivity contribution in [3.05, 3.63) is 0 Å². The molecule has 0 aromatic carbocycles. The van der Waals surface area contributed by atoms with Gasteiger partial charge in [-0.1, -0.05) is 357 Å². The average molecular weight is 1440 g/mol. The third-order valence-electron chi connectivity index (χ3n) is 18.7. The molecule has 3 N–H and O–H groups in total. The normalized spacial score (nSPS) is 14.3. The van der Waals surface area contributed by atoms with E-state index < -0.39 is 97.5 Å². The van der Waals surface area contributed by atoms with E-state index in [4.69, 9.17) is 37.0 Å². The summed E-state index contributed by atoms with van der Waals surface area (Å²) in [7, 11) is -9.92. The summed E-state index contributed by atoms with van der Waals surface area (Å²) in [6.45, 7) is 11.9. The number of aliphatic hydroxyl groups excluding tert-OH is 1. The molecule has 0 aliphatic heterocycles. The van der Waals surface area contributed by atoms with Crippen molar-refractivity contribution in [3.63, 3.8) is 0 Å². The van der Waals surface area contributed by atoms with Crippen LogP contribution in [0.5, 0.6) is 0 Å². The number of ether oxygens (including phenoxy) is 4. The molecule has 0 rings (SSSR count). The summed E-state index contributed by atoms with van der Waals surface area (Å²) in [4.78, 5) is 72.9. The first kappa shape index (κ1) is 96.1. The first-order chi connectivity index (χ1) is 47.3. The highest BCUT2D eigenvalue weighted by molar-refractivity contribution is 7.47. The Morgan fingerprint density at radius 1 is 0.296 bits per heavy atom. The lowest BCUT2D eigenvalue weighted by molar-refractivity contribution is -0.161. The van der Waals surface area contributed by atoms with Crippen molar-refractivity contribution in [2.45, 2.75) is 426 Å². The number of aliphatic hydroxyl groups is 1. The first-order valence-electron chi connectivity index (χ1n) is 40.9. The number of carbonyl (C=O) groups is 4. The van der Waals surface area contributed by atoms with Gasteiger partial charge in [0.25, 0.3) is 0 Å². The van der Waals surface area contributed by atoms with Crippen LogP contribution < -0.4 is 0 Å². The number of carbonyl (C=O) groups excluding carboxylic acids is 4. The number of phosphoric ester groups is 2. The van der Waals surface area contributed by atoms with Crippen molar-refractivity contribution in [1.82, 2.24) is 0 Å². The van der Waals surface area contributed by atoms with Gasteiger partial charge in [0.1, 0.15) is 19.3 Å². The molecule has 0 heterocycles. The number of esters is 4. The lowest BCUT2D eigenvalue weighted by Gasteiger charge is -2.21. The Hall–Kier alpha value is -1.94. The van der Waals surface area contributed by atoms with E-state index in [2.05, 4.69) is 48.5 Å². The smallest absolute Gasteiger partial charge is 0.462 e. The topological polar surface area (TPSA) is 237 Å². The summed E-state index contributed by atoms with van der Waals surface area (Å²) in [6.07, 6.45) is 56.9. The van der Waals surface area contributed by atoms with Gasteiger partial charge in [-0.3, -0.25) is 37.3 Å². The van der Waals surface area contributed by atoms with E-state index in [1.807, 2.05) is 0 Å². The Bertz CT molecular complexity index is 1910. The fourth-order valence-corrected chi connectivity index (χ4v) is 13.7. The average Bonchev–Trinajstić information content (AvgIpc) is 0.977. The van der Waals surface area contributed by atoms with Gasteiger partial charge >= 0.3 is 39.5 Å². The fraction of sp³-hybridized carbons (Fsp3) is 0.949. The SMILES string of the molecule is CCCCCCCCCCCCCCCC(=O)O[C@H](COC(=O)CCCCCCCCC(C)CC)COP(=O)(O)OC[C@H](O)COP(=O)(O)OC[C@@H](COC(=O)CCCCCCCCCCCCCC(C)C)OC(=O)CCCCCCCCCCCCCCCCCCCCC(C)C. The van der Waals surface area contributed by atoms with Crippen molar-refractivity contribution in [1.29, 1.82) is 0 Å². The molecule has 0 aromatic heterocycles. The third-order valence-corrected chi connectivity index (χ3v) is 20.6. The molecule has 19 heteroatoms. The molecule has 6 atom stereocenters. The van der Waals surface area contributed by atoms with Crippen LogP contribution >= 0.6 is 15.6 Å². The molecule has 582 valence electrons. The maximum Gasteiger partial charge on any atom is 0.472 e. The number of unbranched alkanes of at least 4 members (excludes halogenated alkanes) is 44. The van der Waals surface area contributed by atoms with Crippen LogP contribution in [0, 0.1) is 17.8 Å². The Kier molecular flexibility index (Phi) is 68.1. The summed E-state index contributed by atoms with van der Waals surface area (Å²) in [5.74, 6) is 0.208. The van der Waals surface area contributed by atoms with E-state index in [9.17, 15) is 43.2 Å². The molecule has 0 saturated heterocycles. The summed E-state index contributed by atoms with van der Waals surface area (Å²) in [6, 6.07) is 0. The van der Waals surface area contributed by atoms with Crippen LogP contribution in [0.4, 0.5) is 0 Å². The number of phosphoric acid groups is 2. The van der Waals surface area contributed by atoms with Gasteiger partial charge in [-0.05, 0) is 43.4 Å². The second-order valence-corrected chi connectivity index (χ2v) is 32.6. The quantitative estimate of drug-likeness (QED) is 0.0222. The van der Waals surface area contributed by atoms with Gasteiger partial charge in [-0.2, -0.15) is 0 Å². The highest BCUT2D eigenvalue weighted by Crippen LogP contribution is 2.45. The standard InChI is InChI=1S/C79H154O17P2/c1-8-10-11-12-13-14-15-22-28-34-39-48-55-62-79(84)96-75(67-90-77(82)61-54-47-42-41-45-52-59-72(7)9-2)69-94-98(87,88)92-65-73(80)64-91-97(85,86)93-68-74(66-89-76(81)60-53-46-38-33-30-25-27-32-37-44-51-58-71(5)6)95-78(83)63-56-49-40-35-29-24-21-19-17-16-18-20-23-26-31-36-43-50-57-70(3)4/h70-75,80H,8-69H2,1-7H3,(H,85,86)(H,87,88)/t72?,73-,74-,75-/m1/s1. The first-order valence-corrected chi connectivity index (χ1v) is 43.9. The summed E-state index contributed by atoms with van der Waals surface area (Å²) < 4.78 is 68.6. The van der Waals surface area contributed by atoms with Crippen molar-refractivity contribution < 1.29 is 80.2 Å². The zero-order valence-corrected chi connectivity index (χ0v) is 66.0. The predicted octanol–water partition coefficient (Wildman–Crippen LogP) is 23.4. The molecule has 0 saturated carbocycles. The number of hydrogen-bond donors (Lipinski definition) is 3. The van der Waals surface area contributed by atoms with Gasteiger partial charge in [0.05, 0.1) is 26.4 Å². The summed E-state index contributed by atoms with van der Waals surface area (Å²) in [5.41, 5.74) is 0. The van der Waals surface area contributed by atoms with E-state index >= 15 is 0 Å². The molecular formula is C79H154O17P2. The second-order valence-electron chi connectivity index (χ2n) is 29.6. The second kappa shape index (κ2) is 69.4. The monoisotopic (exact) mass is 1440 g/mol. The van der Waals surface area contributed by atoms with Gasteiger partial charge in [0, 0.05) is 25.7 Å². The van der Waals surface area contributed by atoms with E-state index in [1.165, 1.54) is 212 Å². The molecule has 0 radical (unpaired) electrons. The van der Waals surface area contributed by atoms with Crippen molar-refractivity contribution >= 4 is 39.5 Å². The lowest BCUT2D eigenvalue weighted by atomic mass is 10.00. The Labute approximate surface area is 600 Å². The fourth-order valence-electron chi connectivity index (χ4n) is 12.1. The largest absolute Gasteiger partial charge is 0.472 e. The minimum atomic E-state index is -4.96. The Balaban J connectivity index is 5.22. The minimum Gasteiger partial charge on any atom is -0.462 e. The third kappa shape index (κ3) is 71.1. The van der Waals surface area contributed by atoms with Crippen LogP contribution in [0.25, 0.3) is 0 Å². The Morgan fingerprint density at radius 3 is 0.776 bits per heavy atom. The van der Waals surface area contributed by atoms with Gasteiger partial charge in [0.2, 0.25) is 0 Å². The molecule has 0 bridgehead atoms. The Morgan fingerprint density at radius 2 is 0.520 bits per heavy atom. The molecular weight excluding hydrogens is 1280 g/mol. The molecule has 0 spiro atoms. The molecule has 3 unspecified atom stereocenters. The van der Waals surface area contributed by atoms with Crippen LogP contribution in [-0.2, 0) is 65.4 Å². The number of rotatable bonds is 77.